The number of hydrogen-bond acceptors (Lipinski definition) is 5. The van der Waals surface area contributed by atoms with Gasteiger partial charge in [-0.1, -0.05) is 22.6 Å². The van der Waals surface area contributed by atoms with Gasteiger partial charge in [0.15, 0.2) is 0 Å². The van der Waals surface area contributed by atoms with Crippen molar-refractivity contribution in [1.82, 2.24) is 5.32 Å². The van der Waals surface area contributed by atoms with E-state index in [0.29, 0.717) is 0 Å². The molecule has 1 aliphatic carbocycles. The molecule has 0 spiro atoms. The number of nitrogens with one attached hydrogen (secondary N) is 1. The zero-order chi connectivity index (χ0) is 27.6. The van der Waals surface area contributed by atoms with E-state index < -0.39 is 88.5 Å². The Morgan fingerprint density at radius 3 is 1.34 bits per heavy atom. The zero-order valence-corrected chi connectivity index (χ0v) is 19.4. The summed E-state index contributed by atoms with van der Waals surface area (Å²) in [6.07, 6.45) is -34.0. The van der Waals surface area contributed by atoms with Gasteiger partial charge < -0.3 is 20.3 Å². The van der Waals surface area contributed by atoms with E-state index in [-0.39, 0.29) is 6.54 Å². The SMILES string of the molecule is CC(I)(C(=O)OC1CC(C(O)(C(F)(F)F)C(F)(F)F)CC(C(O)(C(F)(F)F)C(F)(F)F)C1)C1CN1. The molecule has 2 rings (SSSR count). The van der Waals surface area contributed by atoms with E-state index in [0.717, 1.165) is 0 Å². The summed E-state index contributed by atoms with van der Waals surface area (Å²) in [6.45, 7) is 1.44. The molecule has 0 radical (unpaired) electrons. The molecule has 2 fully saturated rings. The highest BCUT2D eigenvalue weighted by Gasteiger charge is 2.78. The van der Waals surface area contributed by atoms with Crippen LogP contribution in [0, 0.1) is 11.8 Å². The molecular formula is C17H18F12INO4. The average molecular weight is 655 g/mol. The zero-order valence-electron chi connectivity index (χ0n) is 17.3. The lowest BCUT2D eigenvalue weighted by atomic mass is 9.65. The Morgan fingerprint density at radius 2 is 1.09 bits per heavy atom. The summed E-state index contributed by atoms with van der Waals surface area (Å²) in [6, 6.07) is -0.588. The molecule has 1 aliphatic heterocycles. The Morgan fingerprint density at radius 1 is 0.771 bits per heavy atom. The van der Waals surface area contributed by atoms with Crippen LogP contribution in [-0.4, -0.2) is 74.2 Å². The molecule has 206 valence electrons. The number of ether oxygens (including phenoxy) is 1. The Balaban J connectivity index is 2.59. The Labute approximate surface area is 202 Å². The molecule has 0 aromatic rings. The number of aliphatic hydroxyl groups is 2. The predicted molar refractivity (Wildman–Crippen MR) is 99.0 cm³/mol. The molecule has 0 bridgehead atoms. The summed E-state index contributed by atoms with van der Waals surface area (Å²) in [5, 5.41) is 22.0. The van der Waals surface area contributed by atoms with Crippen molar-refractivity contribution >= 4 is 28.6 Å². The highest BCUT2D eigenvalue weighted by Crippen LogP contribution is 2.58. The van der Waals surface area contributed by atoms with E-state index >= 15 is 0 Å². The van der Waals surface area contributed by atoms with Crippen LogP contribution in [0.4, 0.5) is 52.7 Å². The molecule has 3 N–H and O–H groups in total. The summed E-state index contributed by atoms with van der Waals surface area (Å²) < 4.78 is 164. The van der Waals surface area contributed by atoms with E-state index in [1.165, 1.54) is 29.5 Å². The van der Waals surface area contributed by atoms with Crippen LogP contribution in [0.25, 0.3) is 0 Å². The summed E-state index contributed by atoms with van der Waals surface area (Å²) >= 11 is 1.49. The van der Waals surface area contributed by atoms with Gasteiger partial charge in [-0.15, -0.1) is 0 Å². The third-order valence-corrected chi connectivity index (χ3v) is 7.50. The Bertz CT molecular complexity index is 729. The molecule has 0 aromatic carbocycles. The van der Waals surface area contributed by atoms with Gasteiger partial charge in [-0.2, -0.15) is 52.7 Å². The molecule has 4 unspecified atom stereocenters. The standard InChI is InChI=1S/C17H18F12INO4/c1-11(30,9-5-31-9)10(32)35-8-3-6(12(33,14(18,19)20)15(21,22)23)2-7(4-8)13(34,16(24,25)26)17(27,28)29/h6-9,31,33-34H,2-5H2,1H3. The highest BCUT2D eigenvalue weighted by atomic mass is 127. The minimum absolute atomic E-state index is 0.230. The van der Waals surface area contributed by atoms with E-state index in [9.17, 15) is 67.7 Å². The lowest BCUT2D eigenvalue weighted by molar-refractivity contribution is -0.405. The van der Waals surface area contributed by atoms with Crippen molar-refractivity contribution in [3.63, 3.8) is 0 Å². The van der Waals surface area contributed by atoms with Crippen molar-refractivity contribution in [2.75, 3.05) is 6.54 Å². The first-order valence-corrected chi connectivity index (χ1v) is 10.7. The second kappa shape index (κ2) is 8.92. The topological polar surface area (TPSA) is 88.7 Å². The number of hydrogen-bond donors (Lipinski definition) is 3. The van der Waals surface area contributed by atoms with Gasteiger partial charge in [0.2, 0.25) is 0 Å². The minimum Gasteiger partial charge on any atom is -0.461 e. The molecular weight excluding hydrogens is 637 g/mol. The lowest BCUT2D eigenvalue weighted by Gasteiger charge is -2.48. The van der Waals surface area contributed by atoms with Crippen LogP contribution in [0.3, 0.4) is 0 Å². The van der Waals surface area contributed by atoms with Gasteiger partial charge in [0, 0.05) is 24.4 Å². The van der Waals surface area contributed by atoms with Crippen LogP contribution in [0.5, 0.6) is 0 Å². The van der Waals surface area contributed by atoms with Gasteiger partial charge in [-0.3, -0.25) is 4.79 Å². The second-order valence-corrected chi connectivity index (χ2v) is 10.9. The number of alkyl halides is 13. The van der Waals surface area contributed by atoms with Crippen LogP contribution >= 0.6 is 22.6 Å². The summed E-state index contributed by atoms with van der Waals surface area (Å²) in [4.78, 5) is 12.4. The first-order chi connectivity index (χ1) is 15.3. The smallest absolute Gasteiger partial charge is 0.426 e. The van der Waals surface area contributed by atoms with Crippen molar-refractivity contribution in [3.05, 3.63) is 0 Å². The van der Waals surface area contributed by atoms with Crippen LogP contribution in [-0.2, 0) is 9.53 Å². The molecule has 1 saturated heterocycles. The molecule has 5 nitrogen and oxygen atoms in total. The van der Waals surface area contributed by atoms with Crippen molar-refractivity contribution in [1.29, 1.82) is 0 Å². The average Bonchev–Trinajstić information content (AvgIpc) is 3.48. The van der Waals surface area contributed by atoms with E-state index in [1.54, 1.807) is 0 Å². The van der Waals surface area contributed by atoms with E-state index in [1.807, 2.05) is 0 Å². The Hall–Kier alpha value is -0.760. The van der Waals surface area contributed by atoms with Gasteiger partial charge in [-0.25, -0.2) is 0 Å². The normalized spacial score (nSPS) is 28.9. The minimum atomic E-state index is -6.59. The maximum Gasteiger partial charge on any atom is 0.426 e. The van der Waals surface area contributed by atoms with Gasteiger partial charge in [0.1, 0.15) is 9.53 Å². The summed E-state index contributed by atoms with van der Waals surface area (Å²) in [5.41, 5.74) is -11.5. The van der Waals surface area contributed by atoms with Crippen molar-refractivity contribution in [2.24, 2.45) is 11.8 Å². The molecule has 0 amide bonds. The van der Waals surface area contributed by atoms with E-state index in [4.69, 9.17) is 4.74 Å². The molecule has 35 heavy (non-hydrogen) atoms. The van der Waals surface area contributed by atoms with Crippen LogP contribution in [0.15, 0.2) is 0 Å². The fraction of sp³-hybridized carbons (Fsp3) is 0.941. The molecule has 18 heteroatoms. The highest BCUT2D eigenvalue weighted by molar-refractivity contribution is 14.1. The molecule has 0 aromatic heterocycles. The monoisotopic (exact) mass is 655 g/mol. The largest absolute Gasteiger partial charge is 0.461 e. The summed E-state index contributed by atoms with van der Waals surface area (Å²) in [7, 11) is 0. The first kappa shape index (κ1) is 30.5. The van der Waals surface area contributed by atoms with Crippen LogP contribution in [0.1, 0.15) is 26.2 Å². The van der Waals surface area contributed by atoms with Crippen molar-refractivity contribution in [2.45, 2.75) is 77.7 Å². The third kappa shape index (κ3) is 5.30. The fourth-order valence-electron chi connectivity index (χ4n) is 4.14. The van der Waals surface area contributed by atoms with Gasteiger partial charge >= 0.3 is 30.7 Å². The molecule has 2 aliphatic rings. The molecule has 1 saturated carbocycles. The maximum absolute atomic E-state index is 13.4. The molecule has 1 heterocycles. The van der Waals surface area contributed by atoms with Gasteiger partial charge in [0.25, 0.3) is 11.2 Å². The van der Waals surface area contributed by atoms with Gasteiger partial charge in [0.05, 0.1) is 0 Å². The maximum atomic E-state index is 13.4. The van der Waals surface area contributed by atoms with Crippen molar-refractivity contribution in [3.8, 4) is 0 Å². The van der Waals surface area contributed by atoms with Crippen LogP contribution < -0.4 is 5.32 Å². The van der Waals surface area contributed by atoms with E-state index in [2.05, 4.69) is 5.32 Å². The number of halogens is 13. The molecule has 4 atom stereocenters. The second-order valence-electron chi connectivity index (χ2n) is 8.69. The van der Waals surface area contributed by atoms with Gasteiger partial charge in [-0.05, 0) is 26.2 Å². The number of rotatable bonds is 5. The predicted octanol–water partition coefficient (Wildman–Crippen LogP) is 4.19. The number of esters is 1. The number of carbonyl (C=O) groups excluding carboxylic acids is 1. The Kier molecular flexibility index (Phi) is 7.76. The first-order valence-electron chi connectivity index (χ1n) is 9.66. The summed E-state index contributed by atoms with van der Waals surface area (Å²) in [5.74, 6) is -8.09. The number of carbonyl (C=O) groups is 1. The third-order valence-electron chi connectivity index (χ3n) is 6.31. The fourth-order valence-corrected chi connectivity index (χ4v) is 4.71. The quantitative estimate of drug-likeness (QED) is 0.136. The lowest BCUT2D eigenvalue weighted by Crippen LogP contribution is -2.67. The van der Waals surface area contributed by atoms with Crippen LogP contribution in [0.2, 0.25) is 0 Å². The van der Waals surface area contributed by atoms with Crippen molar-refractivity contribution < 1.29 is 72.4 Å².